The maximum atomic E-state index is 13.4. The number of hydrogen-bond acceptors (Lipinski definition) is 4. The quantitative estimate of drug-likeness (QED) is 0.367. The number of halogens is 3. The molecule has 2 amide bonds. The van der Waals surface area contributed by atoms with Crippen LogP contribution < -0.4 is 9.62 Å². The number of anilines is 1. The van der Waals surface area contributed by atoms with Crippen molar-refractivity contribution < 1.29 is 18.0 Å². The molecule has 1 aliphatic carbocycles. The number of nitrogens with one attached hydrogen (secondary N) is 1. The number of carbonyl (C=O) groups is 2. The van der Waals surface area contributed by atoms with Crippen LogP contribution >= 0.6 is 34.8 Å². The molecule has 2 aromatic rings. The highest BCUT2D eigenvalue weighted by atomic mass is 35.5. The molecule has 0 radical (unpaired) electrons. The first-order valence-corrected chi connectivity index (χ1v) is 15.2. The zero-order chi connectivity index (χ0) is 27.2. The monoisotopic (exact) mass is 587 g/mol. The lowest BCUT2D eigenvalue weighted by atomic mass is 10.1. The minimum atomic E-state index is -3.60. The molecule has 0 aliphatic heterocycles. The second-order valence-corrected chi connectivity index (χ2v) is 12.5. The molecular formula is C26H32Cl3N3O4S. The summed E-state index contributed by atoms with van der Waals surface area (Å²) in [4.78, 5) is 27.9. The summed E-state index contributed by atoms with van der Waals surface area (Å²) in [6.07, 6.45) is 5.45. The maximum absolute atomic E-state index is 13.4. The van der Waals surface area contributed by atoms with Gasteiger partial charge in [0, 0.05) is 30.6 Å². The molecule has 7 nitrogen and oxygen atoms in total. The first kappa shape index (κ1) is 29.6. The normalized spacial score (nSPS) is 14.8. The fraction of sp³-hybridized carbons (Fsp3) is 0.462. The SMILES string of the molecule is CC(C(=O)NC1CCCC1)N(Cc1ccc(Cl)c(Cl)c1)C(=O)CCCN(c1cccc(Cl)c1)S(C)(=O)=O. The first-order chi connectivity index (χ1) is 17.5. The number of amides is 2. The minimum Gasteiger partial charge on any atom is -0.352 e. The Morgan fingerprint density at radius 1 is 1.05 bits per heavy atom. The molecule has 3 rings (SSSR count). The Morgan fingerprint density at radius 3 is 2.38 bits per heavy atom. The molecule has 1 unspecified atom stereocenters. The molecule has 0 bridgehead atoms. The molecule has 0 heterocycles. The van der Waals surface area contributed by atoms with Crippen molar-refractivity contribution in [1.82, 2.24) is 10.2 Å². The predicted octanol–water partition coefficient (Wildman–Crippen LogP) is 5.67. The molecule has 37 heavy (non-hydrogen) atoms. The Labute approximate surface area is 234 Å². The van der Waals surface area contributed by atoms with Gasteiger partial charge in [0.05, 0.1) is 22.0 Å². The standard InChI is InChI=1S/C26H32Cl3N3O4S/c1-18(26(34)30-21-8-3-4-9-21)31(17-19-12-13-23(28)24(29)15-19)25(33)11-6-14-32(37(2,35)36)22-10-5-7-20(27)16-22/h5,7,10,12-13,15-16,18,21H,3-4,6,8-9,11,14,17H2,1-2H3,(H,30,34). The summed E-state index contributed by atoms with van der Waals surface area (Å²) in [6, 6.07) is 11.0. The van der Waals surface area contributed by atoms with Crippen LogP contribution in [0.4, 0.5) is 5.69 Å². The van der Waals surface area contributed by atoms with Gasteiger partial charge >= 0.3 is 0 Å². The summed E-state index contributed by atoms with van der Waals surface area (Å²) in [6.45, 7) is 1.96. The Morgan fingerprint density at radius 2 is 1.76 bits per heavy atom. The summed E-state index contributed by atoms with van der Waals surface area (Å²) in [5.74, 6) is -0.475. The van der Waals surface area contributed by atoms with Crippen molar-refractivity contribution in [2.75, 3.05) is 17.1 Å². The van der Waals surface area contributed by atoms with E-state index in [1.807, 2.05) is 0 Å². The highest BCUT2D eigenvalue weighted by Crippen LogP contribution is 2.25. The van der Waals surface area contributed by atoms with Crippen LogP contribution in [0.5, 0.6) is 0 Å². The number of benzene rings is 2. The summed E-state index contributed by atoms with van der Waals surface area (Å²) < 4.78 is 26.1. The van der Waals surface area contributed by atoms with Crippen molar-refractivity contribution in [3.63, 3.8) is 0 Å². The molecule has 0 saturated heterocycles. The Hall–Kier alpha value is -2.00. The van der Waals surface area contributed by atoms with Crippen molar-refractivity contribution in [3.8, 4) is 0 Å². The van der Waals surface area contributed by atoms with E-state index < -0.39 is 16.1 Å². The van der Waals surface area contributed by atoms with Crippen LogP contribution in [0.1, 0.15) is 51.0 Å². The molecule has 1 aliphatic rings. The van der Waals surface area contributed by atoms with Crippen molar-refractivity contribution in [1.29, 1.82) is 0 Å². The van der Waals surface area contributed by atoms with Gasteiger partial charge in [-0.3, -0.25) is 13.9 Å². The van der Waals surface area contributed by atoms with Crippen LogP contribution in [-0.2, 0) is 26.2 Å². The van der Waals surface area contributed by atoms with Crippen molar-refractivity contribution >= 4 is 62.3 Å². The zero-order valence-corrected chi connectivity index (χ0v) is 24.0. The average Bonchev–Trinajstić information content (AvgIpc) is 3.34. The third-order valence-electron chi connectivity index (χ3n) is 6.45. The fourth-order valence-corrected chi connectivity index (χ4v) is 5.91. The minimum absolute atomic E-state index is 0.0506. The Bertz CT molecular complexity index is 1220. The summed E-state index contributed by atoms with van der Waals surface area (Å²) in [5, 5.41) is 4.24. The van der Waals surface area contributed by atoms with Crippen molar-refractivity contribution in [2.45, 2.75) is 64.1 Å². The summed E-state index contributed by atoms with van der Waals surface area (Å²) in [5.41, 5.74) is 1.17. The van der Waals surface area contributed by atoms with Gasteiger partial charge in [0.15, 0.2) is 0 Å². The van der Waals surface area contributed by atoms with E-state index in [2.05, 4.69) is 5.32 Å². The van der Waals surface area contributed by atoms with Gasteiger partial charge in [-0.05, 0) is 62.1 Å². The molecule has 1 saturated carbocycles. The van der Waals surface area contributed by atoms with E-state index in [0.717, 1.165) is 37.5 Å². The third kappa shape index (κ3) is 8.50. The van der Waals surface area contributed by atoms with Crippen LogP contribution in [0.25, 0.3) is 0 Å². The number of hydrogen-bond donors (Lipinski definition) is 1. The first-order valence-electron chi connectivity index (χ1n) is 12.2. The highest BCUT2D eigenvalue weighted by Gasteiger charge is 2.29. The van der Waals surface area contributed by atoms with Gasteiger partial charge in [0.2, 0.25) is 21.8 Å². The molecule has 202 valence electrons. The van der Waals surface area contributed by atoms with E-state index in [-0.39, 0.29) is 43.8 Å². The molecule has 1 atom stereocenters. The van der Waals surface area contributed by atoms with Crippen LogP contribution in [-0.4, -0.2) is 50.0 Å². The van der Waals surface area contributed by atoms with Crippen molar-refractivity contribution in [2.24, 2.45) is 0 Å². The van der Waals surface area contributed by atoms with Crippen LogP contribution in [0, 0.1) is 0 Å². The highest BCUT2D eigenvalue weighted by molar-refractivity contribution is 7.92. The van der Waals surface area contributed by atoms with Gasteiger partial charge in [-0.2, -0.15) is 0 Å². The lowest BCUT2D eigenvalue weighted by Gasteiger charge is -2.30. The smallest absolute Gasteiger partial charge is 0.242 e. The van der Waals surface area contributed by atoms with E-state index in [1.165, 1.54) is 9.21 Å². The number of nitrogens with zero attached hydrogens (tertiary/aromatic N) is 2. The Balaban J connectivity index is 1.74. The summed E-state index contributed by atoms with van der Waals surface area (Å²) >= 11 is 18.3. The van der Waals surface area contributed by atoms with Gasteiger partial charge in [0.25, 0.3) is 0 Å². The topological polar surface area (TPSA) is 86.8 Å². The lowest BCUT2D eigenvalue weighted by Crippen LogP contribution is -2.49. The second kappa shape index (κ2) is 13.2. The van der Waals surface area contributed by atoms with Gasteiger partial charge < -0.3 is 10.2 Å². The summed E-state index contributed by atoms with van der Waals surface area (Å²) in [7, 11) is -3.60. The Kier molecular flexibility index (Phi) is 10.5. The average molecular weight is 589 g/mol. The van der Waals surface area contributed by atoms with E-state index >= 15 is 0 Å². The largest absolute Gasteiger partial charge is 0.352 e. The molecule has 0 aromatic heterocycles. The van der Waals surface area contributed by atoms with Crippen LogP contribution in [0.3, 0.4) is 0 Å². The molecule has 1 N–H and O–H groups in total. The molecule has 2 aromatic carbocycles. The maximum Gasteiger partial charge on any atom is 0.242 e. The van der Waals surface area contributed by atoms with Gasteiger partial charge in [-0.1, -0.05) is 59.8 Å². The van der Waals surface area contributed by atoms with E-state index in [1.54, 1.807) is 49.4 Å². The second-order valence-electron chi connectivity index (χ2n) is 9.35. The molecule has 0 spiro atoms. The van der Waals surface area contributed by atoms with E-state index in [0.29, 0.717) is 20.8 Å². The van der Waals surface area contributed by atoms with Crippen LogP contribution in [0.2, 0.25) is 15.1 Å². The van der Waals surface area contributed by atoms with Crippen LogP contribution in [0.15, 0.2) is 42.5 Å². The molecular weight excluding hydrogens is 557 g/mol. The van der Waals surface area contributed by atoms with E-state index in [4.69, 9.17) is 34.8 Å². The fourth-order valence-electron chi connectivity index (χ4n) is 4.44. The van der Waals surface area contributed by atoms with E-state index in [9.17, 15) is 18.0 Å². The number of sulfonamides is 1. The number of rotatable bonds is 11. The predicted molar refractivity (Wildman–Crippen MR) is 150 cm³/mol. The zero-order valence-electron chi connectivity index (χ0n) is 20.9. The van der Waals surface area contributed by atoms with Crippen molar-refractivity contribution in [3.05, 3.63) is 63.1 Å². The number of carbonyl (C=O) groups excluding carboxylic acids is 2. The molecule has 11 heteroatoms. The lowest BCUT2D eigenvalue weighted by molar-refractivity contribution is -0.141. The molecule has 1 fully saturated rings. The third-order valence-corrected chi connectivity index (χ3v) is 8.62. The van der Waals surface area contributed by atoms with Gasteiger partial charge in [-0.25, -0.2) is 8.42 Å². The van der Waals surface area contributed by atoms with Gasteiger partial charge in [-0.15, -0.1) is 0 Å². The van der Waals surface area contributed by atoms with Gasteiger partial charge in [0.1, 0.15) is 6.04 Å².